The van der Waals surface area contributed by atoms with Crippen molar-refractivity contribution in [3.05, 3.63) is 65.2 Å². The van der Waals surface area contributed by atoms with Crippen LogP contribution in [0, 0.1) is 0 Å². The minimum atomic E-state index is -0.514. The number of anilines is 1. The smallest absolute Gasteiger partial charge is 0.254 e. The number of nitrogens with two attached hydrogens (primary N) is 1. The molecule has 0 aromatic heterocycles. The van der Waals surface area contributed by atoms with E-state index in [9.17, 15) is 14.4 Å². The molecule has 0 unspecified atom stereocenters. The van der Waals surface area contributed by atoms with E-state index in [4.69, 9.17) is 5.73 Å². The van der Waals surface area contributed by atoms with E-state index in [-0.39, 0.29) is 18.2 Å². The fraction of sp³-hybridized carbons (Fsp3) is 0.167. The summed E-state index contributed by atoms with van der Waals surface area (Å²) < 4.78 is 0. The minimum Gasteiger partial charge on any atom is -0.366 e. The predicted molar refractivity (Wildman–Crippen MR) is 89.4 cm³/mol. The Balaban J connectivity index is 1.53. The summed E-state index contributed by atoms with van der Waals surface area (Å²) in [6, 6.07) is 13.8. The van der Waals surface area contributed by atoms with Crippen molar-refractivity contribution in [3.8, 4) is 0 Å². The Morgan fingerprint density at radius 1 is 1.08 bits per heavy atom. The largest absolute Gasteiger partial charge is 0.366 e. The third-order valence-corrected chi connectivity index (χ3v) is 3.96. The number of amides is 3. The summed E-state index contributed by atoms with van der Waals surface area (Å²) in [5, 5.41) is 2.74. The zero-order chi connectivity index (χ0) is 17.1. The highest BCUT2D eigenvalue weighted by molar-refractivity contribution is 5.99. The minimum absolute atomic E-state index is 0.0378. The highest BCUT2D eigenvalue weighted by Gasteiger charge is 2.26. The van der Waals surface area contributed by atoms with Crippen LogP contribution in [0.5, 0.6) is 0 Å². The van der Waals surface area contributed by atoms with Crippen molar-refractivity contribution >= 4 is 23.4 Å². The molecular formula is C18H17N3O3. The molecule has 24 heavy (non-hydrogen) atoms. The van der Waals surface area contributed by atoms with Gasteiger partial charge in [0.1, 0.15) is 0 Å². The van der Waals surface area contributed by atoms with E-state index in [1.54, 1.807) is 35.2 Å². The van der Waals surface area contributed by atoms with Gasteiger partial charge in [0.05, 0.1) is 0 Å². The van der Waals surface area contributed by atoms with Gasteiger partial charge in [-0.2, -0.15) is 0 Å². The maximum absolute atomic E-state index is 12.2. The van der Waals surface area contributed by atoms with Crippen LogP contribution < -0.4 is 11.1 Å². The molecule has 3 amide bonds. The molecule has 0 bridgehead atoms. The number of hydrogen-bond acceptors (Lipinski definition) is 3. The van der Waals surface area contributed by atoms with Crippen molar-refractivity contribution in [1.82, 2.24) is 4.90 Å². The van der Waals surface area contributed by atoms with Gasteiger partial charge >= 0.3 is 0 Å². The van der Waals surface area contributed by atoms with Crippen molar-refractivity contribution < 1.29 is 14.4 Å². The summed E-state index contributed by atoms with van der Waals surface area (Å²) in [7, 11) is 0. The molecule has 1 aliphatic heterocycles. The van der Waals surface area contributed by atoms with Gasteiger partial charge in [-0.3, -0.25) is 14.4 Å². The number of benzene rings is 2. The monoisotopic (exact) mass is 323 g/mol. The first kappa shape index (κ1) is 15.7. The average molecular weight is 323 g/mol. The lowest BCUT2D eigenvalue weighted by atomic mass is 10.1. The first-order chi connectivity index (χ1) is 11.5. The van der Waals surface area contributed by atoms with Crippen LogP contribution in [0.15, 0.2) is 48.5 Å². The van der Waals surface area contributed by atoms with Gasteiger partial charge in [-0.15, -0.1) is 0 Å². The molecule has 122 valence electrons. The molecule has 0 saturated heterocycles. The zero-order valence-corrected chi connectivity index (χ0v) is 13.0. The number of hydrogen-bond donors (Lipinski definition) is 2. The van der Waals surface area contributed by atoms with E-state index in [2.05, 4.69) is 5.32 Å². The molecule has 0 saturated carbocycles. The van der Waals surface area contributed by atoms with E-state index >= 15 is 0 Å². The Labute approximate surface area is 139 Å². The Hall–Kier alpha value is -3.15. The molecule has 0 spiro atoms. The van der Waals surface area contributed by atoms with Gasteiger partial charge < -0.3 is 16.0 Å². The molecule has 1 heterocycles. The predicted octanol–water partition coefficient (Wildman–Crippen LogP) is 1.77. The summed E-state index contributed by atoms with van der Waals surface area (Å²) in [6.45, 7) is 0.897. The van der Waals surface area contributed by atoms with Crippen molar-refractivity contribution in [3.63, 3.8) is 0 Å². The number of carbonyl (C=O) groups is 3. The Kier molecular flexibility index (Phi) is 4.29. The number of rotatable bonds is 5. The molecule has 6 nitrogen and oxygen atoms in total. The standard InChI is InChI=1S/C18H17N3O3/c19-17(23)12-5-7-14(8-6-12)20-16(22)9-10-21-11-13-3-1-2-4-15(13)18(21)24/h1-8H,9-11H2,(H2,19,23)(H,20,22). The van der Waals surface area contributed by atoms with E-state index in [1.165, 1.54) is 0 Å². The van der Waals surface area contributed by atoms with E-state index in [0.717, 1.165) is 5.56 Å². The Morgan fingerprint density at radius 3 is 2.46 bits per heavy atom. The maximum Gasteiger partial charge on any atom is 0.254 e. The lowest BCUT2D eigenvalue weighted by Gasteiger charge is -2.15. The summed E-state index contributed by atoms with van der Waals surface area (Å²) in [4.78, 5) is 36.9. The number of nitrogens with one attached hydrogen (secondary N) is 1. The van der Waals surface area contributed by atoms with Gasteiger partial charge in [0.2, 0.25) is 11.8 Å². The van der Waals surface area contributed by atoms with Crippen LogP contribution in [-0.4, -0.2) is 29.2 Å². The summed E-state index contributed by atoms with van der Waals surface area (Å²) in [5.74, 6) is -0.741. The Bertz CT molecular complexity index is 799. The fourth-order valence-corrected chi connectivity index (χ4v) is 2.67. The molecule has 3 N–H and O–H groups in total. The molecular weight excluding hydrogens is 306 g/mol. The third kappa shape index (κ3) is 3.27. The molecule has 6 heteroatoms. The molecule has 0 radical (unpaired) electrons. The summed E-state index contributed by atoms with van der Waals surface area (Å²) >= 11 is 0. The van der Waals surface area contributed by atoms with Gasteiger partial charge in [0.25, 0.3) is 5.91 Å². The first-order valence-corrected chi connectivity index (χ1v) is 7.61. The second-order valence-electron chi connectivity index (χ2n) is 5.62. The average Bonchev–Trinajstić information content (AvgIpc) is 2.90. The van der Waals surface area contributed by atoms with Crippen LogP contribution in [0.2, 0.25) is 0 Å². The van der Waals surface area contributed by atoms with Crippen LogP contribution in [0.4, 0.5) is 5.69 Å². The molecule has 0 atom stereocenters. The summed E-state index contributed by atoms with van der Waals surface area (Å²) in [6.07, 6.45) is 0.206. The quantitative estimate of drug-likeness (QED) is 0.878. The van der Waals surface area contributed by atoms with Gasteiger partial charge in [-0.1, -0.05) is 18.2 Å². The van der Waals surface area contributed by atoms with Crippen molar-refractivity contribution in [2.75, 3.05) is 11.9 Å². The number of nitrogens with zero attached hydrogens (tertiary/aromatic N) is 1. The van der Waals surface area contributed by atoms with E-state index < -0.39 is 5.91 Å². The maximum atomic E-state index is 12.2. The van der Waals surface area contributed by atoms with Gasteiger partial charge in [0, 0.05) is 36.3 Å². The highest BCUT2D eigenvalue weighted by atomic mass is 16.2. The number of carbonyl (C=O) groups excluding carboxylic acids is 3. The van der Waals surface area contributed by atoms with E-state index in [0.29, 0.717) is 29.9 Å². The molecule has 2 aromatic rings. The highest BCUT2D eigenvalue weighted by Crippen LogP contribution is 2.22. The number of primary amides is 1. The lowest BCUT2D eigenvalue weighted by molar-refractivity contribution is -0.116. The second kappa shape index (κ2) is 6.54. The fourth-order valence-electron chi connectivity index (χ4n) is 2.67. The molecule has 0 aliphatic carbocycles. The summed E-state index contributed by atoms with van der Waals surface area (Å²) in [5.41, 5.74) is 7.83. The van der Waals surface area contributed by atoms with Crippen molar-refractivity contribution in [1.29, 1.82) is 0 Å². The normalized spacial score (nSPS) is 12.8. The van der Waals surface area contributed by atoms with Crippen molar-refractivity contribution in [2.45, 2.75) is 13.0 Å². The van der Waals surface area contributed by atoms with Crippen LogP contribution in [0.1, 0.15) is 32.7 Å². The zero-order valence-electron chi connectivity index (χ0n) is 13.0. The van der Waals surface area contributed by atoms with Gasteiger partial charge in [-0.05, 0) is 35.9 Å². The van der Waals surface area contributed by atoms with Gasteiger partial charge in [0.15, 0.2) is 0 Å². The lowest BCUT2D eigenvalue weighted by Crippen LogP contribution is -2.28. The molecule has 3 rings (SSSR count). The second-order valence-corrected chi connectivity index (χ2v) is 5.62. The first-order valence-electron chi connectivity index (χ1n) is 7.61. The molecule has 1 aliphatic rings. The third-order valence-electron chi connectivity index (χ3n) is 3.96. The van der Waals surface area contributed by atoms with Crippen LogP contribution >= 0.6 is 0 Å². The SMILES string of the molecule is NC(=O)c1ccc(NC(=O)CCN2Cc3ccccc3C2=O)cc1. The van der Waals surface area contributed by atoms with Gasteiger partial charge in [-0.25, -0.2) is 0 Å². The van der Waals surface area contributed by atoms with Crippen LogP contribution in [0.25, 0.3) is 0 Å². The van der Waals surface area contributed by atoms with E-state index in [1.807, 2.05) is 18.2 Å². The molecule has 0 fully saturated rings. The topological polar surface area (TPSA) is 92.5 Å². The Morgan fingerprint density at radius 2 is 1.79 bits per heavy atom. The van der Waals surface area contributed by atoms with Crippen LogP contribution in [-0.2, 0) is 11.3 Å². The number of fused-ring (bicyclic) bond motifs is 1. The van der Waals surface area contributed by atoms with Crippen molar-refractivity contribution in [2.24, 2.45) is 5.73 Å². The molecule has 2 aromatic carbocycles. The van der Waals surface area contributed by atoms with Crippen LogP contribution in [0.3, 0.4) is 0 Å².